The predicted molar refractivity (Wildman–Crippen MR) is 36.6 cm³/mol. The van der Waals surface area contributed by atoms with Crippen LogP contribution >= 0.6 is 0 Å². The second-order valence-electron chi connectivity index (χ2n) is 1.91. The standard InChI is InChI=1S/C7H9.Mo.5H/c1-2-7-5-3-4-6-7;;;;;;/h3,5H,2,4H2,1H3;;;;;;/q;+5;5*-1. The molecule has 1 aliphatic rings. The average molecular weight is 194 g/mol. The fourth-order valence-corrected chi connectivity index (χ4v) is 1.61. The molecule has 0 spiro atoms. The molecular formula is C7H14Mo. The SMILES string of the molecule is CCC1=[C]([Mo+5])CC=C1.[H-].[H-].[H-].[H-].[H-]. The zero-order valence-electron chi connectivity index (χ0n) is 9.98. The molecule has 0 aliphatic heterocycles. The first-order chi connectivity index (χ1) is 3.84. The molecule has 0 aromatic rings. The maximum absolute atomic E-state index is 2.23. The third kappa shape index (κ3) is 1.11. The zero-order valence-corrected chi connectivity index (χ0v) is 6.98. The first kappa shape index (κ1) is 6.29. The molecule has 0 bridgehead atoms. The molecule has 0 aromatic carbocycles. The van der Waals surface area contributed by atoms with Gasteiger partial charge in [0.15, 0.2) is 0 Å². The van der Waals surface area contributed by atoms with Crippen LogP contribution in [0.1, 0.15) is 26.9 Å². The van der Waals surface area contributed by atoms with Crippen LogP contribution in [0, 0.1) is 0 Å². The monoisotopic (exact) mass is 196 g/mol. The second-order valence-corrected chi connectivity index (χ2v) is 3.12. The van der Waals surface area contributed by atoms with Gasteiger partial charge in [-0.05, 0) is 0 Å². The molecule has 0 saturated carbocycles. The molecule has 48 valence electrons. The fraction of sp³-hybridized carbons (Fsp3) is 0.429. The number of hydrogen-bond acceptors (Lipinski definition) is 0. The van der Waals surface area contributed by atoms with Gasteiger partial charge in [0.25, 0.3) is 0 Å². The van der Waals surface area contributed by atoms with Gasteiger partial charge in [0, 0.05) is 0 Å². The first-order valence-corrected chi connectivity index (χ1v) is 3.90. The van der Waals surface area contributed by atoms with Crippen molar-refractivity contribution in [1.82, 2.24) is 0 Å². The van der Waals surface area contributed by atoms with E-state index in [9.17, 15) is 0 Å². The molecule has 0 unspecified atom stereocenters. The van der Waals surface area contributed by atoms with Crippen LogP contribution in [-0.2, 0) is 19.8 Å². The molecule has 1 heteroatoms. The van der Waals surface area contributed by atoms with Crippen LogP contribution in [0.3, 0.4) is 0 Å². The molecule has 0 atom stereocenters. The van der Waals surface area contributed by atoms with Gasteiger partial charge in [-0.3, -0.25) is 0 Å². The van der Waals surface area contributed by atoms with Crippen molar-refractivity contribution in [2.45, 2.75) is 19.8 Å². The Labute approximate surface area is 69.0 Å². The van der Waals surface area contributed by atoms with Crippen LogP contribution in [0.2, 0.25) is 0 Å². The van der Waals surface area contributed by atoms with Crippen molar-refractivity contribution in [1.29, 1.82) is 0 Å². The van der Waals surface area contributed by atoms with Crippen molar-refractivity contribution in [3.63, 3.8) is 0 Å². The molecule has 0 radical (unpaired) electrons. The molecule has 1 aliphatic carbocycles. The van der Waals surface area contributed by atoms with E-state index in [1.165, 1.54) is 18.4 Å². The molecule has 0 nitrogen and oxygen atoms in total. The minimum absolute atomic E-state index is 0. The zero-order chi connectivity index (χ0) is 5.98. The molecule has 8 heavy (non-hydrogen) atoms. The van der Waals surface area contributed by atoms with Gasteiger partial charge in [0.1, 0.15) is 0 Å². The van der Waals surface area contributed by atoms with E-state index in [0.29, 0.717) is 0 Å². The van der Waals surface area contributed by atoms with Crippen molar-refractivity contribution < 1.29 is 26.9 Å². The van der Waals surface area contributed by atoms with Crippen LogP contribution < -0.4 is 0 Å². The maximum atomic E-state index is 2.23. The normalized spacial score (nSPS) is 18.4. The number of hydrogen-bond donors (Lipinski definition) is 0. The molecule has 0 amide bonds. The van der Waals surface area contributed by atoms with Crippen molar-refractivity contribution in [2.75, 3.05) is 0 Å². The Morgan fingerprint density at radius 1 is 1.88 bits per heavy atom. The molecule has 0 saturated heterocycles. The van der Waals surface area contributed by atoms with Gasteiger partial charge in [0.05, 0.1) is 0 Å². The van der Waals surface area contributed by atoms with Gasteiger partial charge in [0.2, 0.25) is 0 Å². The topological polar surface area (TPSA) is 0 Å². The first-order valence-electron chi connectivity index (χ1n) is 2.90. The fourth-order valence-electron chi connectivity index (χ4n) is 0.847. The maximum Gasteiger partial charge on any atom is -1.00 e. The van der Waals surface area contributed by atoms with Crippen molar-refractivity contribution >= 4 is 0 Å². The summed E-state index contributed by atoms with van der Waals surface area (Å²) >= 11 is 2.14. The van der Waals surface area contributed by atoms with Gasteiger partial charge in [-0.1, -0.05) is 0 Å². The summed E-state index contributed by atoms with van der Waals surface area (Å²) in [6.07, 6.45) is 6.85. The van der Waals surface area contributed by atoms with Gasteiger partial charge in [-0.15, -0.1) is 0 Å². The average Bonchev–Trinajstić information content (AvgIpc) is 2.14. The number of rotatable bonds is 1. The third-order valence-corrected chi connectivity index (χ3v) is 2.42. The van der Waals surface area contributed by atoms with Crippen LogP contribution in [0.5, 0.6) is 0 Å². The Balaban J connectivity index is -0.0000000427. The van der Waals surface area contributed by atoms with Crippen LogP contribution in [0.15, 0.2) is 21.7 Å². The van der Waals surface area contributed by atoms with E-state index in [1.54, 1.807) is 3.96 Å². The van der Waals surface area contributed by atoms with E-state index < -0.39 is 0 Å². The van der Waals surface area contributed by atoms with Gasteiger partial charge < -0.3 is 7.13 Å². The molecule has 0 aromatic heterocycles. The van der Waals surface area contributed by atoms with Gasteiger partial charge in [-0.2, -0.15) is 0 Å². The molecule has 0 heterocycles. The second kappa shape index (κ2) is 2.64. The largest absolute Gasteiger partial charge is 1.00 e. The van der Waals surface area contributed by atoms with Gasteiger partial charge >= 0.3 is 61.3 Å². The van der Waals surface area contributed by atoms with E-state index in [1.807, 2.05) is 0 Å². The minimum atomic E-state index is 0. The predicted octanol–water partition coefficient (Wildman–Crippen LogP) is 2.72. The van der Waals surface area contributed by atoms with E-state index in [2.05, 4.69) is 38.9 Å². The van der Waals surface area contributed by atoms with Crippen LogP contribution in [0.4, 0.5) is 0 Å². The van der Waals surface area contributed by atoms with E-state index >= 15 is 0 Å². The Kier molecular flexibility index (Phi) is 2.07. The summed E-state index contributed by atoms with van der Waals surface area (Å²) in [5.74, 6) is 0. The Hall–Kier alpha value is 0.168. The summed E-state index contributed by atoms with van der Waals surface area (Å²) < 4.78 is 1.56. The third-order valence-electron chi connectivity index (χ3n) is 1.36. The Morgan fingerprint density at radius 3 is 2.88 bits per heavy atom. The summed E-state index contributed by atoms with van der Waals surface area (Å²) in [7, 11) is 0. The summed E-state index contributed by atoms with van der Waals surface area (Å²) in [5, 5.41) is 0. The number of allylic oxidation sites excluding steroid dienone is 4. The smallest absolute Gasteiger partial charge is 1.00 e. The van der Waals surface area contributed by atoms with Crippen LogP contribution in [-0.4, -0.2) is 0 Å². The van der Waals surface area contributed by atoms with Crippen molar-refractivity contribution in [3.05, 3.63) is 21.7 Å². The van der Waals surface area contributed by atoms with Crippen molar-refractivity contribution in [2.24, 2.45) is 0 Å². The van der Waals surface area contributed by atoms with E-state index in [0.717, 1.165) is 0 Å². The minimum Gasteiger partial charge on any atom is -1.00 e. The Morgan fingerprint density at radius 2 is 2.62 bits per heavy atom. The molecule has 0 N–H and O–H groups in total. The van der Waals surface area contributed by atoms with E-state index in [4.69, 9.17) is 0 Å². The summed E-state index contributed by atoms with van der Waals surface area (Å²) in [6, 6.07) is 0. The van der Waals surface area contributed by atoms with Crippen molar-refractivity contribution in [3.8, 4) is 0 Å². The van der Waals surface area contributed by atoms with E-state index in [-0.39, 0.29) is 7.13 Å². The Bertz CT molecular complexity index is 155. The summed E-state index contributed by atoms with van der Waals surface area (Å²) in [5.41, 5.74) is 1.54. The molecule has 0 fully saturated rings. The quantitative estimate of drug-likeness (QED) is 0.563. The summed E-state index contributed by atoms with van der Waals surface area (Å²) in [4.78, 5) is 0. The summed E-state index contributed by atoms with van der Waals surface area (Å²) in [6.45, 7) is 2.20. The van der Waals surface area contributed by atoms with Gasteiger partial charge in [-0.25, -0.2) is 0 Å². The van der Waals surface area contributed by atoms with Crippen LogP contribution in [0.25, 0.3) is 0 Å². The molecular weight excluding hydrogens is 180 g/mol. The molecule has 1 rings (SSSR count).